The van der Waals surface area contributed by atoms with Crippen molar-refractivity contribution in [1.82, 2.24) is 9.88 Å². The van der Waals surface area contributed by atoms with E-state index in [4.69, 9.17) is 0 Å². The lowest BCUT2D eigenvalue weighted by Crippen LogP contribution is -2.50. The summed E-state index contributed by atoms with van der Waals surface area (Å²) in [6.45, 7) is 4.36. The van der Waals surface area contributed by atoms with E-state index in [2.05, 4.69) is 24.8 Å². The molecule has 0 bridgehead atoms. The second-order valence-electron chi connectivity index (χ2n) is 9.00. The molecule has 0 aromatic carbocycles. The maximum Gasteiger partial charge on any atom is 0.411 e. The van der Waals surface area contributed by atoms with E-state index in [0.29, 0.717) is 12.2 Å². The monoisotopic (exact) mass is 416 g/mol. The SMILES string of the molecule is COC(=O)Nc1cnc(N2CCC[C@@]3(CCN([C@H]4CC[C@H](O)CC4)C3=O)C2)c(C)c1. The van der Waals surface area contributed by atoms with Crippen LogP contribution >= 0.6 is 0 Å². The lowest BCUT2D eigenvalue weighted by molar-refractivity contribution is -0.139. The third-order valence-electron chi connectivity index (χ3n) is 7.01. The van der Waals surface area contributed by atoms with Crippen molar-refractivity contribution in [2.45, 2.75) is 64.0 Å². The van der Waals surface area contributed by atoms with Crippen LogP contribution in [0.3, 0.4) is 0 Å². The van der Waals surface area contributed by atoms with Gasteiger partial charge in [-0.25, -0.2) is 9.78 Å². The number of nitrogens with zero attached hydrogens (tertiary/aromatic N) is 3. The molecule has 4 rings (SSSR count). The molecule has 1 spiro atoms. The average molecular weight is 417 g/mol. The summed E-state index contributed by atoms with van der Waals surface area (Å²) in [7, 11) is 1.33. The molecule has 3 fully saturated rings. The van der Waals surface area contributed by atoms with Gasteiger partial charge in [0, 0.05) is 25.7 Å². The summed E-state index contributed by atoms with van der Waals surface area (Å²) in [4.78, 5) is 33.8. The van der Waals surface area contributed by atoms with Crippen molar-refractivity contribution in [2.75, 3.05) is 37.0 Å². The minimum atomic E-state index is -0.521. The lowest BCUT2D eigenvalue weighted by Gasteiger charge is -2.41. The Balaban J connectivity index is 1.47. The highest BCUT2D eigenvalue weighted by atomic mass is 16.5. The molecule has 1 saturated carbocycles. The van der Waals surface area contributed by atoms with Gasteiger partial charge >= 0.3 is 6.09 Å². The van der Waals surface area contributed by atoms with Gasteiger partial charge in [0.1, 0.15) is 5.82 Å². The zero-order valence-electron chi connectivity index (χ0n) is 17.9. The number of carbonyl (C=O) groups excluding carboxylic acids is 2. The smallest absolute Gasteiger partial charge is 0.411 e. The second-order valence-corrected chi connectivity index (χ2v) is 9.00. The van der Waals surface area contributed by atoms with Crippen LogP contribution in [0.1, 0.15) is 50.5 Å². The summed E-state index contributed by atoms with van der Waals surface area (Å²) in [5.41, 5.74) is 1.23. The molecule has 1 atom stereocenters. The van der Waals surface area contributed by atoms with Crippen molar-refractivity contribution in [3.8, 4) is 0 Å². The Bertz CT molecular complexity index is 808. The van der Waals surface area contributed by atoms with Crippen LogP contribution in [0.15, 0.2) is 12.3 Å². The Morgan fingerprint density at radius 2 is 2.03 bits per heavy atom. The van der Waals surface area contributed by atoms with Crippen LogP contribution in [0, 0.1) is 12.3 Å². The summed E-state index contributed by atoms with van der Waals surface area (Å²) < 4.78 is 4.64. The molecule has 2 aliphatic heterocycles. The van der Waals surface area contributed by atoms with E-state index in [0.717, 1.165) is 69.4 Å². The first-order chi connectivity index (χ1) is 14.4. The number of methoxy groups -OCH3 is 1. The fourth-order valence-corrected chi connectivity index (χ4v) is 5.39. The molecule has 0 radical (unpaired) electrons. The largest absolute Gasteiger partial charge is 0.453 e. The van der Waals surface area contributed by atoms with E-state index >= 15 is 0 Å². The normalized spacial score (nSPS) is 29.4. The number of aryl methyl sites for hydroxylation is 1. The molecule has 2 saturated heterocycles. The summed E-state index contributed by atoms with van der Waals surface area (Å²) in [5.74, 6) is 1.16. The van der Waals surface area contributed by atoms with E-state index in [9.17, 15) is 14.7 Å². The predicted molar refractivity (Wildman–Crippen MR) is 113 cm³/mol. The van der Waals surface area contributed by atoms with Gasteiger partial charge in [-0.05, 0) is 63.5 Å². The van der Waals surface area contributed by atoms with Crippen LogP contribution in [0.2, 0.25) is 0 Å². The third kappa shape index (κ3) is 3.97. The van der Waals surface area contributed by atoms with Crippen LogP contribution < -0.4 is 10.2 Å². The van der Waals surface area contributed by atoms with Gasteiger partial charge in [0.05, 0.1) is 30.5 Å². The number of nitrogens with one attached hydrogen (secondary N) is 1. The van der Waals surface area contributed by atoms with E-state index in [1.807, 2.05) is 13.0 Å². The molecule has 8 nitrogen and oxygen atoms in total. The maximum absolute atomic E-state index is 13.5. The number of hydrogen-bond acceptors (Lipinski definition) is 6. The number of amides is 2. The van der Waals surface area contributed by atoms with Crippen LogP contribution in [-0.2, 0) is 9.53 Å². The molecule has 1 aromatic rings. The number of aliphatic hydroxyl groups is 1. The Kier molecular flexibility index (Phi) is 5.86. The van der Waals surface area contributed by atoms with Crippen molar-refractivity contribution in [2.24, 2.45) is 5.41 Å². The third-order valence-corrected chi connectivity index (χ3v) is 7.01. The minimum Gasteiger partial charge on any atom is -0.453 e. The van der Waals surface area contributed by atoms with Crippen molar-refractivity contribution < 1.29 is 19.4 Å². The fraction of sp³-hybridized carbons (Fsp3) is 0.682. The molecule has 30 heavy (non-hydrogen) atoms. The van der Waals surface area contributed by atoms with Gasteiger partial charge in [-0.2, -0.15) is 0 Å². The highest BCUT2D eigenvalue weighted by Gasteiger charge is 2.50. The Morgan fingerprint density at radius 1 is 1.27 bits per heavy atom. The van der Waals surface area contributed by atoms with Crippen molar-refractivity contribution in [1.29, 1.82) is 0 Å². The molecular formula is C22H32N4O4. The molecule has 2 amide bonds. The Hall–Kier alpha value is -2.35. The van der Waals surface area contributed by atoms with E-state index in [1.165, 1.54) is 7.11 Å². The van der Waals surface area contributed by atoms with Gasteiger partial charge in [-0.1, -0.05) is 0 Å². The quantitative estimate of drug-likeness (QED) is 0.787. The molecule has 3 heterocycles. The van der Waals surface area contributed by atoms with Crippen LogP contribution in [0.25, 0.3) is 0 Å². The van der Waals surface area contributed by atoms with Gasteiger partial charge in [0.2, 0.25) is 5.91 Å². The van der Waals surface area contributed by atoms with E-state index in [1.54, 1.807) is 6.20 Å². The van der Waals surface area contributed by atoms with Crippen molar-refractivity contribution >= 4 is 23.5 Å². The van der Waals surface area contributed by atoms with E-state index < -0.39 is 6.09 Å². The number of likely N-dealkylation sites (tertiary alicyclic amines) is 1. The molecular weight excluding hydrogens is 384 g/mol. The number of anilines is 2. The molecule has 0 unspecified atom stereocenters. The summed E-state index contributed by atoms with van der Waals surface area (Å²) in [5, 5.41) is 12.4. The minimum absolute atomic E-state index is 0.205. The Labute approximate surface area is 177 Å². The summed E-state index contributed by atoms with van der Waals surface area (Å²) in [6.07, 6.45) is 7.09. The van der Waals surface area contributed by atoms with E-state index in [-0.39, 0.29) is 23.5 Å². The van der Waals surface area contributed by atoms with Gasteiger partial charge in [0.25, 0.3) is 0 Å². The first kappa shape index (κ1) is 20.9. The van der Waals surface area contributed by atoms with Crippen LogP contribution in [-0.4, -0.2) is 65.9 Å². The molecule has 1 aromatic heterocycles. The second kappa shape index (κ2) is 8.41. The topological polar surface area (TPSA) is 95.0 Å². The van der Waals surface area contributed by atoms with Gasteiger partial charge in [-0.15, -0.1) is 0 Å². The fourth-order valence-electron chi connectivity index (χ4n) is 5.39. The Morgan fingerprint density at radius 3 is 2.73 bits per heavy atom. The number of rotatable bonds is 3. The predicted octanol–water partition coefficient (Wildman–Crippen LogP) is 2.69. The zero-order chi connectivity index (χ0) is 21.3. The number of carbonyl (C=O) groups is 2. The van der Waals surface area contributed by atoms with Gasteiger partial charge in [0.15, 0.2) is 0 Å². The number of ether oxygens (including phenoxy) is 1. The summed E-state index contributed by atoms with van der Waals surface area (Å²) >= 11 is 0. The number of aliphatic hydroxyl groups excluding tert-OH is 1. The number of aromatic nitrogens is 1. The summed E-state index contributed by atoms with van der Waals surface area (Å²) in [6, 6.07) is 2.16. The number of pyridine rings is 1. The molecule has 3 aliphatic rings. The first-order valence-electron chi connectivity index (χ1n) is 11.0. The highest BCUT2D eigenvalue weighted by molar-refractivity contribution is 5.86. The van der Waals surface area contributed by atoms with Gasteiger partial charge in [-0.3, -0.25) is 10.1 Å². The maximum atomic E-state index is 13.5. The van der Waals surface area contributed by atoms with Crippen molar-refractivity contribution in [3.05, 3.63) is 17.8 Å². The van der Waals surface area contributed by atoms with Crippen molar-refractivity contribution in [3.63, 3.8) is 0 Å². The zero-order valence-corrected chi connectivity index (χ0v) is 17.9. The molecule has 1 aliphatic carbocycles. The average Bonchev–Trinajstić information content (AvgIpc) is 3.04. The molecule has 164 valence electrons. The molecule has 8 heteroatoms. The lowest BCUT2D eigenvalue weighted by atomic mass is 9.78. The number of hydrogen-bond donors (Lipinski definition) is 2. The van der Waals surface area contributed by atoms with Crippen LogP contribution in [0.5, 0.6) is 0 Å². The van der Waals surface area contributed by atoms with Crippen LogP contribution in [0.4, 0.5) is 16.3 Å². The van der Waals surface area contributed by atoms with Gasteiger partial charge < -0.3 is 19.6 Å². The number of piperidine rings is 1. The first-order valence-corrected chi connectivity index (χ1v) is 11.0. The standard InChI is InChI=1S/C22H32N4O4/c1-15-12-16(24-21(29)30-2)13-23-19(15)25-10-3-8-22(14-25)9-11-26(20(22)28)17-4-6-18(27)7-5-17/h12-13,17-18,27H,3-11,14H2,1-2H3,(H,24,29)/t17-,18-,22-/m1/s1. The highest BCUT2D eigenvalue weighted by Crippen LogP contribution is 2.43. The molecule has 2 N–H and O–H groups in total.